The van der Waals surface area contributed by atoms with Gasteiger partial charge in [0.15, 0.2) is 0 Å². The largest absolute Gasteiger partial charge is 0.348 e. The maximum Gasteiger partial charge on any atom is 0.251 e. The summed E-state index contributed by atoms with van der Waals surface area (Å²) in [6.07, 6.45) is 5.97. The molecule has 228 valence electrons. The van der Waals surface area contributed by atoms with Crippen LogP contribution in [0.25, 0.3) is 10.8 Å². The van der Waals surface area contributed by atoms with E-state index in [0.29, 0.717) is 31.1 Å². The lowest BCUT2D eigenvalue weighted by Gasteiger charge is -2.27. The van der Waals surface area contributed by atoms with E-state index in [1.54, 1.807) is 12.4 Å². The fraction of sp³-hybridized carbons (Fsp3) is 0.400. The zero-order valence-corrected chi connectivity index (χ0v) is 25.9. The van der Waals surface area contributed by atoms with E-state index >= 15 is 0 Å². The highest BCUT2D eigenvalue weighted by atomic mass is 16.2. The fourth-order valence-corrected chi connectivity index (χ4v) is 5.44. The molecule has 1 unspecified atom stereocenters. The lowest BCUT2D eigenvalue weighted by Crippen LogP contribution is -2.47. The molecule has 0 radical (unpaired) electrons. The van der Waals surface area contributed by atoms with Gasteiger partial charge in [-0.3, -0.25) is 9.59 Å². The van der Waals surface area contributed by atoms with Crippen LogP contribution in [0, 0.1) is 0 Å². The van der Waals surface area contributed by atoms with Gasteiger partial charge in [-0.2, -0.15) is 0 Å². The average molecular weight is 583 g/mol. The van der Waals surface area contributed by atoms with E-state index in [2.05, 4.69) is 75.9 Å². The van der Waals surface area contributed by atoms with E-state index in [1.165, 1.54) is 0 Å². The second-order valence-corrected chi connectivity index (χ2v) is 11.4. The molecule has 0 saturated heterocycles. The maximum atomic E-state index is 13.7. The molecule has 0 bridgehead atoms. The van der Waals surface area contributed by atoms with Crippen LogP contribution in [0.3, 0.4) is 0 Å². The predicted octanol–water partition coefficient (Wildman–Crippen LogP) is 5.73. The zero-order chi connectivity index (χ0) is 30.6. The molecule has 8 nitrogen and oxygen atoms in total. The van der Waals surface area contributed by atoms with Crippen LogP contribution in [0.4, 0.5) is 0 Å². The fourth-order valence-electron chi connectivity index (χ4n) is 5.44. The van der Waals surface area contributed by atoms with Crippen molar-refractivity contribution in [3.63, 3.8) is 0 Å². The minimum atomic E-state index is -0.643. The number of aromatic nitrogens is 2. The van der Waals surface area contributed by atoms with Gasteiger partial charge in [0.25, 0.3) is 5.91 Å². The van der Waals surface area contributed by atoms with Crippen LogP contribution in [0.2, 0.25) is 0 Å². The van der Waals surface area contributed by atoms with Crippen LogP contribution in [0.15, 0.2) is 79.1 Å². The Morgan fingerprint density at radius 2 is 1.67 bits per heavy atom. The van der Waals surface area contributed by atoms with Gasteiger partial charge in [-0.25, -0.2) is 4.98 Å². The third kappa shape index (κ3) is 9.24. The van der Waals surface area contributed by atoms with Crippen molar-refractivity contribution in [1.29, 1.82) is 0 Å². The number of rotatable bonds is 16. The number of carbonyl (C=O) groups is 2. The quantitative estimate of drug-likeness (QED) is 0.135. The van der Waals surface area contributed by atoms with Crippen LogP contribution < -0.4 is 16.0 Å². The van der Waals surface area contributed by atoms with Gasteiger partial charge in [0.2, 0.25) is 5.91 Å². The number of benzene rings is 3. The predicted molar refractivity (Wildman–Crippen MR) is 174 cm³/mol. The molecule has 0 fully saturated rings. The lowest BCUT2D eigenvalue weighted by atomic mass is 9.99. The van der Waals surface area contributed by atoms with E-state index in [4.69, 9.17) is 0 Å². The Bertz CT molecular complexity index is 1430. The monoisotopic (exact) mass is 582 g/mol. The number of fused-ring (bicyclic) bond motifs is 1. The number of nitrogens with zero attached hydrogens (tertiary/aromatic N) is 2. The van der Waals surface area contributed by atoms with Crippen molar-refractivity contribution < 1.29 is 9.59 Å². The molecule has 4 aromatic rings. The SMILES string of the molecule is CCCN(CCC[C@H](NC(=O)c1ccc(CNCc2ncc[nH]2)cc1)C(=O)NC(C)c1cccc2ccccc12)C(C)C. The molecule has 3 aromatic carbocycles. The van der Waals surface area contributed by atoms with Crippen LogP contribution in [-0.2, 0) is 17.9 Å². The van der Waals surface area contributed by atoms with Crippen molar-refractivity contribution in [3.05, 3.63) is 102 Å². The van der Waals surface area contributed by atoms with Crippen LogP contribution in [0.1, 0.15) is 80.3 Å². The summed E-state index contributed by atoms with van der Waals surface area (Å²) >= 11 is 0. The van der Waals surface area contributed by atoms with Gasteiger partial charge in [0.05, 0.1) is 12.6 Å². The summed E-state index contributed by atoms with van der Waals surface area (Å²) in [6, 6.07) is 21.4. The van der Waals surface area contributed by atoms with E-state index in [1.807, 2.05) is 49.4 Å². The molecule has 0 spiro atoms. The van der Waals surface area contributed by atoms with Crippen LogP contribution >= 0.6 is 0 Å². The minimum absolute atomic E-state index is 0.167. The Morgan fingerprint density at radius 1 is 0.907 bits per heavy atom. The molecule has 4 N–H and O–H groups in total. The minimum Gasteiger partial charge on any atom is -0.348 e. The Balaban J connectivity index is 1.41. The first kappa shape index (κ1) is 31.9. The maximum absolute atomic E-state index is 13.7. The third-order valence-corrected chi connectivity index (χ3v) is 7.84. The van der Waals surface area contributed by atoms with Crippen LogP contribution in [-0.4, -0.2) is 51.9 Å². The van der Waals surface area contributed by atoms with E-state index in [0.717, 1.165) is 53.7 Å². The molecule has 1 heterocycles. The van der Waals surface area contributed by atoms with Crippen molar-refractivity contribution in [2.75, 3.05) is 13.1 Å². The van der Waals surface area contributed by atoms with E-state index in [-0.39, 0.29) is 17.9 Å². The third-order valence-electron chi connectivity index (χ3n) is 7.84. The Hall–Kier alpha value is -4.01. The highest BCUT2D eigenvalue weighted by molar-refractivity contribution is 5.97. The summed E-state index contributed by atoms with van der Waals surface area (Å²) in [5, 5.41) is 11.8. The normalized spacial score (nSPS) is 12.9. The number of H-pyrrole nitrogens is 1. The number of carbonyl (C=O) groups excluding carboxylic acids is 2. The topological polar surface area (TPSA) is 102 Å². The standard InChI is InChI=1S/C35H46N6O2/c1-5-21-41(25(2)3)22-9-14-32(35(43)39-26(4)30-13-8-11-28-10-6-7-12-31(28)30)40-34(42)29-17-15-27(16-18-29)23-36-24-33-37-19-20-38-33/h6-8,10-13,15-20,25-26,32,36H,5,9,14,21-24H2,1-4H3,(H,37,38)(H,39,43)(H,40,42)/t26?,32-/m0/s1. The number of hydrogen-bond donors (Lipinski definition) is 4. The first-order valence-corrected chi connectivity index (χ1v) is 15.5. The molecule has 1 aromatic heterocycles. The molecule has 2 atom stereocenters. The highest BCUT2D eigenvalue weighted by Crippen LogP contribution is 2.24. The summed E-state index contributed by atoms with van der Waals surface area (Å²) in [5.74, 6) is 0.461. The number of imidazole rings is 1. The molecule has 43 heavy (non-hydrogen) atoms. The van der Waals surface area contributed by atoms with Crippen molar-refractivity contribution in [2.24, 2.45) is 0 Å². The molecular weight excluding hydrogens is 536 g/mol. The molecule has 0 aliphatic carbocycles. The van der Waals surface area contributed by atoms with Crippen molar-refractivity contribution >= 4 is 22.6 Å². The van der Waals surface area contributed by atoms with Gasteiger partial charge in [0, 0.05) is 30.5 Å². The molecule has 0 saturated carbocycles. The summed E-state index contributed by atoms with van der Waals surface area (Å²) < 4.78 is 0. The summed E-state index contributed by atoms with van der Waals surface area (Å²) in [6.45, 7) is 11.8. The van der Waals surface area contributed by atoms with Crippen molar-refractivity contribution in [3.8, 4) is 0 Å². The van der Waals surface area contributed by atoms with Gasteiger partial charge < -0.3 is 25.8 Å². The molecule has 4 rings (SSSR count). The average Bonchev–Trinajstić information content (AvgIpc) is 3.53. The van der Waals surface area contributed by atoms with Crippen LogP contribution in [0.5, 0.6) is 0 Å². The van der Waals surface area contributed by atoms with Gasteiger partial charge in [0.1, 0.15) is 11.9 Å². The van der Waals surface area contributed by atoms with Gasteiger partial charge in [-0.05, 0) is 87.2 Å². The molecule has 8 heteroatoms. The molecular formula is C35H46N6O2. The first-order valence-electron chi connectivity index (χ1n) is 15.5. The Kier molecular flexibility index (Phi) is 11.9. The summed E-state index contributed by atoms with van der Waals surface area (Å²) in [4.78, 5) is 36.7. The number of nitrogens with one attached hydrogen (secondary N) is 4. The van der Waals surface area contributed by atoms with Crippen molar-refractivity contribution in [2.45, 2.75) is 78.2 Å². The molecule has 0 aliphatic rings. The number of hydrogen-bond acceptors (Lipinski definition) is 5. The van der Waals surface area contributed by atoms with Gasteiger partial charge in [-0.1, -0.05) is 61.5 Å². The van der Waals surface area contributed by atoms with Crippen molar-refractivity contribution in [1.82, 2.24) is 30.8 Å². The molecule has 2 amide bonds. The molecule has 0 aliphatic heterocycles. The second kappa shape index (κ2) is 16.0. The van der Waals surface area contributed by atoms with E-state index in [9.17, 15) is 9.59 Å². The second-order valence-electron chi connectivity index (χ2n) is 11.4. The zero-order valence-electron chi connectivity index (χ0n) is 25.9. The van der Waals surface area contributed by atoms with Gasteiger partial charge >= 0.3 is 0 Å². The number of amides is 2. The lowest BCUT2D eigenvalue weighted by molar-refractivity contribution is -0.123. The first-order chi connectivity index (χ1) is 20.9. The Labute approximate surface area is 255 Å². The summed E-state index contributed by atoms with van der Waals surface area (Å²) in [7, 11) is 0. The number of aromatic amines is 1. The Morgan fingerprint density at radius 3 is 2.40 bits per heavy atom. The van der Waals surface area contributed by atoms with E-state index < -0.39 is 6.04 Å². The van der Waals surface area contributed by atoms with Gasteiger partial charge in [-0.15, -0.1) is 0 Å². The summed E-state index contributed by atoms with van der Waals surface area (Å²) in [5.41, 5.74) is 2.65. The smallest absolute Gasteiger partial charge is 0.251 e. The highest BCUT2D eigenvalue weighted by Gasteiger charge is 2.24.